The van der Waals surface area contributed by atoms with E-state index in [-0.39, 0.29) is 17.5 Å². The molecule has 0 aliphatic heterocycles. The summed E-state index contributed by atoms with van der Waals surface area (Å²) in [6.45, 7) is 5.28. The van der Waals surface area contributed by atoms with Crippen LogP contribution in [-0.2, 0) is 14.8 Å². The second-order valence-electron chi connectivity index (χ2n) is 7.35. The summed E-state index contributed by atoms with van der Waals surface area (Å²) in [4.78, 5) is 13.0. The Morgan fingerprint density at radius 3 is 2.32 bits per heavy atom. The molecule has 0 radical (unpaired) electrons. The Hall–Kier alpha value is -3.32. The maximum Gasteiger partial charge on any atom is 0.264 e. The number of rotatable bonds is 8. The van der Waals surface area contributed by atoms with Gasteiger partial charge in [0.2, 0.25) is 5.91 Å². The average molecular weight is 439 g/mol. The lowest BCUT2D eigenvalue weighted by molar-refractivity contribution is -0.114. The van der Waals surface area contributed by atoms with Crippen LogP contribution < -0.4 is 14.4 Å². The monoisotopic (exact) mass is 438 g/mol. The Morgan fingerprint density at radius 1 is 0.968 bits per heavy atom. The standard InChI is InChI=1S/C24H26N2O4S/c1-18(2)30-21-12-9-11-20(16-21)25-24(27)17-26(23-15-8-7-10-19(23)3)31(28,29)22-13-5-4-6-14-22/h4-16,18H,17H2,1-3H3,(H,25,27). The lowest BCUT2D eigenvalue weighted by Crippen LogP contribution is -2.38. The number of carbonyl (C=O) groups excluding carboxylic acids is 1. The van der Waals surface area contributed by atoms with E-state index in [0.717, 1.165) is 9.87 Å². The quantitative estimate of drug-likeness (QED) is 0.557. The van der Waals surface area contributed by atoms with Crippen LogP contribution >= 0.6 is 0 Å². The Balaban J connectivity index is 1.89. The van der Waals surface area contributed by atoms with Gasteiger partial charge in [-0.05, 0) is 56.7 Å². The number of hydrogen-bond donors (Lipinski definition) is 1. The highest BCUT2D eigenvalue weighted by Crippen LogP contribution is 2.27. The van der Waals surface area contributed by atoms with Gasteiger partial charge in [0.1, 0.15) is 12.3 Å². The van der Waals surface area contributed by atoms with Gasteiger partial charge >= 0.3 is 0 Å². The van der Waals surface area contributed by atoms with Crippen molar-refractivity contribution < 1.29 is 17.9 Å². The van der Waals surface area contributed by atoms with E-state index in [9.17, 15) is 13.2 Å². The first-order valence-corrected chi connectivity index (χ1v) is 11.4. The van der Waals surface area contributed by atoms with Gasteiger partial charge in [-0.2, -0.15) is 0 Å². The largest absolute Gasteiger partial charge is 0.491 e. The first-order chi connectivity index (χ1) is 14.8. The minimum atomic E-state index is -3.94. The van der Waals surface area contributed by atoms with Crippen LogP contribution in [0.15, 0.2) is 83.8 Å². The van der Waals surface area contributed by atoms with Crippen LogP contribution in [0.3, 0.4) is 0 Å². The van der Waals surface area contributed by atoms with Crippen molar-refractivity contribution in [3.63, 3.8) is 0 Å². The van der Waals surface area contributed by atoms with Crippen molar-refractivity contribution in [3.8, 4) is 5.75 Å². The van der Waals surface area contributed by atoms with E-state index in [0.29, 0.717) is 17.1 Å². The molecule has 0 aromatic heterocycles. The van der Waals surface area contributed by atoms with Gasteiger partial charge in [0.25, 0.3) is 10.0 Å². The zero-order chi connectivity index (χ0) is 22.4. The summed E-state index contributed by atoms with van der Waals surface area (Å²) in [5, 5.41) is 2.77. The number of benzene rings is 3. The van der Waals surface area contributed by atoms with Crippen molar-refractivity contribution >= 4 is 27.3 Å². The topological polar surface area (TPSA) is 75.7 Å². The van der Waals surface area contributed by atoms with Crippen molar-refractivity contribution in [2.24, 2.45) is 0 Å². The molecular formula is C24H26N2O4S. The molecule has 31 heavy (non-hydrogen) atoms. The van der Waals surface area contributed by atoms with Gasteiger partial charge in [-0.3, -0.25) is 9.10 Å². The number of para-hydroxylation sites is 1. The van der Waals surface area contributed by atoms with Crippen LogP contribution in [-0.4, -0.2) is 27.0 Å². The van der Waals surface area contributed by atoms with Crippen molar-refractivity contribution in [3.05, 3.63) is 84.4 Å². The number of anilines is 2. The molecule has 0 atom stereocenters. The summed E-state index contributed by atoms with van der Waals surface area (Å²) in [7, 11) is -3.94. The van der Waals surface area contributed by atoms with Gasteiger partial charge < -0.3 is 10.1 Å². The normalized spacial score (nSPS) is 11.2. The number of nitrogens with zero attached hydrogens (tertiary/aromatic N) is 1. The van der Waals surface area contributed by atoms with Crippen molar-refractivity contribution in [1.29, 1.82) is 0 Å². The van der Waals surface area contributed by atoms with E-state index in [1.807, 2.05) is 32.9 Å². The lowest BCUT2D eigenvalue weighted by Gasteiger charge is -2.25. The maximum atomic E-state index is 13.4. The summed E-state index contributed by atoms with van der Waals surface area (Å²) in [6, 6.07) is 22.2. The van der Waals surface area contributed by atoms with Gasteiger partial charge in [0.05, 0.1) is 16.7 Å². The number of sulfonamides is 1. The molecule has 1 N–H and O–H groups in total. The van der Waals surface area contributed by atoms with Crippen LogP contribution in [0.5, 0.6) is 5.75 Å². The maximum absolute atomic E-state index is 13.4. The molecule has 0 aliphatic rings. The molecule has 0 fully saturated rings. The second kappa shape index (κ2) is 9.66. The average Bonchev–Trinajstić information content (AvgIpc) is 2.73. The van der Waals surface area contributed by atoms with Gasteiger partial charge in [-0.25, -0.2) is 8.42 Å². The van der Waals surface area contributed by atoms with Crippen LogP contribution in [0.25, 0.3) is 0 Å². The fraction of sp³-hybridized carbons (Fsp3) is 0.208. The third kappa shape index (κ3) is 5.64. The van der Waals surface area contributed by atoms with E-state index in [1.165, 1.54) is 12.1 Å². The molecule has 0 heterocycles. The van der Waals surface area contributed by atoms with Gasteiger partial charge in [0.15, 0.2) is 0 Å². The summed E-state index contributed by atoms with van der Waals surface area (Å²) in [5.41, 5.74) is 1.74. The van der Waals surface area contributed by atoms with Crippen LogP contribution in [0.4, 0.5) is 11.4 Å². The molecule has 0 unspecified atom stereocenters. The van der Waals surface area contributed by atoms with Crippen molar-refractivity contribution in [2.45, 2.75) is 31.8 Å². The predicted octanol–water partition coefficient (Wildman–Crippen LogP) is 4.62. The molecule has 3 aromatic carbocycles. The minimum absolute atomic E-state index is 0.00138. The number of carbonyl (C=O) groups is 1. The van der Waals surface area contributed by atoms with E-state index in [2.05, 4.69) is 5.32 Å². The molecule has 7 heteroatoms. The zero-order valence-electron chi connectivity index (χ0n) is 17.8. The number of aryl methyl sites for hydroxylation is 1. The molecule has 3 rings (SSSR count). The smallest absolute Gasteiger partial charge is 0.264 e. The highest BCUT2D eigenvalue weighted by Gasteiger charge is 2.28. The summed E-state index contributed by atoms with van der Waals surface area (Å²) in [5.74, 6) is 0.171. The number of amides is 1. The van der Waals surface area contributed by atoms with E-state index >= 15 is 0 Å². The second-order valence-corrected chi connectivity index (χ2v) is 9.22. The Labute approximate surface area is 183 Å². The minimum Gasteiger partial charge on any atom is -0.491 e. The molecule has 0 saturated heterocycles. The first kappa shape index (κ1) is 22.4. The molecule has 0 saturated carbocycles. The molecule has 0 spiro atoms. The summed E-state index contributed by atoms with van der Waals surface area (Å²) >= 11 is 0. The molecule has 0 aliphatic carbocycles. The molecule has 0 bridgehead atoms. The Kier molecular flexibility index (Phi) is 6.97. The van der Waals surface area contributed by atoms with Crippen LogP contribution in [0, 0.1) is 6.92 Å². The highest BCUT2D eigenvalue weighted by molar-refractivity contribution is 7.92. The molecule has 3 aromatic rings. The number of ether oxygens (including phenoxy) is 1. The van der Waals surface area contributed by atoms with Crippen LogP contribution in [0.2, 0.25) is 0 Å². The zero-order valence-corrected chi connectivity index (χ0v) is 18.6. The fourth-order valence-electron chi connectivity index (χ4n) is 3.11. The number of nitrogens with one attached hydrogen (secondary N) is 1. The molecule has 1 amide bonds. The lowest BCUT2D eigenvalue weighted by atomic mass is 10.2. The molecule has 162 valence electrons. The molecule has 6 nitrogen and oxygen atoms in total. The third-order valence-corrected chi connectivity index (χ3v) is 6.27. The van der Waals surface area contributed by atoms with Crippen LogP contribution in [0.1, 0.15) is 19.4 Å². The SMILES string of the molecule is Cc1ccccc1N(CC(=O)Nc1cccc(OC(C)C)c1)S(=O)(=O)c1ccccc1. The Bertz CT molecular complexity index is 1150. The van der Waals surface area contributed by atoms with Gasteiger partial charge in [-0.1, -0.05) is 42.5 Å². The molecular weight excluding hydrogens is 412 g/mol. The fourth-order valence-corrected chi connectivity index (χ4v) is 4.62. The highest BCUT2D eigenvalue weighted by atomic mass is 32.2. The summed E-state index contributed by atoms with van der Waals surface area (Å²) in [6.07, 6.45) is -0.00138. The summed E-state index contributed by atoms with van der Waals surface area (Å²) < 4.78 is 33.5. The van der Waals surface area contributed by atoms with E-state index in [4.69, 9.17) is 4.74 Å². The van der Waals surface area contributed by atoms with E-state index in [1.54, 1.807) is 54.6 Å². The van der Waals surface area contributed by atoms with E-state index < -0.39 is 15.9 Å². The first-order valence-electron chi connectivity index (χ1n) is 9.97. The Morgan fingerprint density at radius 2 is 1.65 bits per heavy atom. The van der Waals surface area contributed by atoms with Gasteiger partial charge in [0, 0.05) is 11.8 Å². The van der Waals surface area contributed by atoms with Crippen molar-refractivity contribution in [2.75, 3.05) is 16.2 Å². The van der Waals surface area contributed by atoms with Gasteiger partial charge in [-0.15, -0.1) is 0 Å². The van der Waals surface area contributed by atoms with Crippen molar-refractivity contribution in [1.82, 2.24) is 0 Å². The third-order valence-electron chi connectivity index (χ3n) is 4.49. The predicted molar refractivity (Wildman–Crippen MR) is 123 cm³/mol. The number of hydrogen-bond acceptors (Lipinski definition) is 4.